The zero-order valence-electron chi connectivity index (χ0n) is 11.7. The maximum atomic E-state index is 12.1. The predicted octanol–water partition coefficient (Wildman–Crippen LogP) is 1.46. The number of hydrogen-bond acceptors (Lipinski definition) is 4. The molecular weight excluding hydrogens is 244 g/mol. The zero-order valence-corrected chi connectivity index (χ0v) is 11.7. The van der Waals surface area contributed by atoms with Crippen LogP contribution < -0.4 is 0 Å². The highest BCUT2D eigenvalue weighted by molar-refractivity contribution is 5.91. The van der Waals surface area contributed by atoms with E-state index in [1.54, 1.807) is 12.1 Å². The molecule has 2 rings (SSSR count). The molecule has 0 spiro atoms. The van der Waals surface area contributed by atoms with E-state index in [4.69, 9.17) is 9.15 Å². The first kappa shape index (κ1) is 14.1. The van der Waals surface area contributed by atoms with Crippen molar-refractivity contribution in [2.75, 3.05) is 39.3 Å². The van der Waals surface area contributed by atoms with Gasteiger partial charge in [0, 0.05) is 32.7 Å². The van der Waals surface area contributed by atoms with Crippen LogP contribution in [0.4, 0.5) is 0 Å². The Labute approximate surface area is 114 Å². The van der Waals surface area contributed by atoms with Gasteiger partial charge >= 0.3 is 0 Å². The number of carbonyl (C=O) groups is 1. The average molecular weight is 266 g/mol. The average Bonchev–Trinajstić information content (AvgIpc) is 2.92. The van der Waals surface area contributed by atoms with E-state index in [1.165, 1.54) is 6.26 Å². The summed E-state index contributed by atoms with van der Waals surface area (Å²) in [4.78, 5) is 16.2. The van der Waals surface area contributed by atoms with E-state index in [0.717, 1.165) is 39.3 Å². The largest absolute Gasteiger partial charge is 0.459 e. The van der Waals surface area contributed by atoms with Crippen molar-refractivity contribution >= 4 is 5.91 Å². The SMILES string of the molecule is CC(C)OCCN1CCN(C(=O)c2ccco2)CC1. The smallest absolute Gasteiger partial charge is 0.289 e. The van der Waals surface area contributed by atoms with E-state index >= 15 is 0 Å². The molecule has 0 saturated carbocycles. The van der Waals surface area contributed by atoms with Gasteiger partial charge in [-0.1, -0.05) is 0 Å². The van der Waals surface area contributed by atoms with Crippen LogP contribution >= 0.6 is 0 Å². The van der Waals surface area contributed by atoms with E-state index in [0.29, 0.717) is 5.76 Å². The fraction of sp³-hybridized carbons (Fsp3) is 0.643. The molecule has 1 aliphatic rings. The minimum absolute atomic E-state index is 0.0110. The number of carbonyl (C=O) groups excluding carboxylic acids is 1. The molecule has 0 unspecified atom stereocenters. The summed E-state index contributed by atoms with van der Waals surface area (Å²) in [5.74, 6) is 0.416. The Morgan fingerprint density at radius 3 is 2.68 bits per heavy atom. The Morgan fingerprint density at radius 1 is 1.37 bits per heavy atom. The molecule has 1 fully saturated rings. The summed E-state index contributed by atoms with van der Waals surface area (Å²) in [5, 5.41) is 0. The molecule has 1 aliphatic heterocycles. The molecule has 0 atom stereocenters. The number of rotatable bonds is 5. The van der Waals surface area contributed by atoms with Crippen molar-refractivity contribution in [2.45, 2.75) is 20.0 Å². The fourth-order valence-corrected chi connectivity index (χ4v) is 2.15. The first-order valence-electron chi connectivity index (χ1n) is 6.83. The lowest BCUT2D eigenvalue weighted by Crippen LogP contribution is -2.49. The summed E-state index contributed by atoms with van der Waals surface area (Å²) in [6.07, 6.45) is 1.81. The third kappa shape index (κ3) is 4.08. The van der Waals surface area contributed by atoms with Crippen molar-refractivity contribution < 1.29 is 13.9 Å². The van der Waals surface area contributed by atoms with Crippen molar-refractivity contribution in [3.8, 4) is 0 Å². The van der Waals surface area contributed by atoms with Gasteiger partial charge in [0.25, 0.3) is 5.91 Å². The Bertz CT molecular complexity index is 381. The molecular formula is C14H22N2O3. The van der Waals surface area contributed by atoms with Crippen LogP contribution in [0.3, 0.4) is 0 Å². The van der Waals surface area contributed by atoms with Crippen molar-refractivity contribution in [3.63, 3.8) is 0 Å². The lowest BCUT2D eigenvalue weighted by atomic mass is 10.3. The quantitative estimate of drug-likeness (QED) is 0.809. The highest BCUT2D eigenvalue weighted by Gasteiger charge is 2.23. The van der Waals surface area contributed by atoms with E-state index < -0.39 is 0 Å². The molecule has 1 amide bonds. The minimum Gasteiger partial charge on any atom is -0.459 e. The minimum atomic E-state index is -0.0110. The second-order valence-electron chi connectivity index (χ2n) is 5.03. The molecule has 1 aromatic heterocycles. The van der Waals surface area contributed by atoms with Crippen LogP contribution in [0.2, 0.25) is 0 Å². The summed E-state index contributed by atoms with van der Waals surface area (Å²) in [6.45, 7) is 9.06. The summed E-state index contributed by atoms with van der Waals surface area (Å²) in [5.41, 5.74) is 0. The summed E-state index contributed by atoms with van der Waals surface area (Å²) in [6, 6.07) is 3.46. The fourth-order valence-electron chi connectivity index (χ4n) is 2.15. The highest BCUT2D eigenvalue weighted by Crippen LogP contribution is 2.09. The Morgan fingerprint density at radius 2 is 2.11 bits per heavy atom. The van der Waals surface area contributed by atoms with Crippen LogP contribution in [0.5, 0.6) is 0 Å². The van der Waals surface area contributed by atoms with Gasteiger partial charge in [0.2, 0.25) is 0 Å². The van der Waals surface area contributed by atoms with E-state index in [9.17, 15) is 4.79 Å². The van der Waals surface area contributed by atoms with Crippen LogP contribution in [0.25, 0.3) is 0 Å². The normalized spacial score (nSPS) is 17.1. The van der Waals surface area contributed by atoms with Crippen LogP contribution in [0.1, 0.15) is 24.4 Å². The molecule has 0 N–H and O–H groups in total. The number of ether oxygens (including phenoxy) is 1. The molecule has 2 heterocycles. The summed E-state index contributed by atoms with van der Waals surface area (Å²) < 4.78 is 10.7. The Kier molecular flexibility index (Phi) is 4.99. The summed E-state index contributed by atoms with van der Waals surface area (Å²) >= 11 is 0. The monoisotopic (exact) mass is 266 g/mol. The molecule has 0 bridgehead atoms. The Balaban J connectivity index is 1.72. The van der Waals surface area contributed by atoms with Gasteiger partial charge in [0.05, 0.1) is 19.0 Å². The van der Waals surface area contributed by atoms with Gasteiger partial charge in [-0.15, -0.1) is 0 Å². The first-order chi connectivity index (χ1) is 9.16. The highest BCUT2D eigenvalue weighted by atomic mass is 16.5. The van der Waals surface area contributed by atoms with Crippen molar-refractivity contribution in [1.82, 2.24) is 9.80 Å². The number of hydrogen-bond donors (Lipinski definition) is 0. The second kappa shape index (κ2) is 6.73. The molecule has 19 heavy (non-hydrogen) atoms. The van der Waals surface area contributed by atoms with Gasteiger partial charge in [-0.3, -0.25) is 9.69 Å². The molecule has 1 saturated heterocycles. The van der Waals surface area contributed by atoms with Crippen molar-refractivity contribution in [3.05, 3.63) is 24.2 Å². The molecule has 1 aromatic rings. The van der Waals surface area contributed by atoms with Gasteiger partial charge in [0.15, 0.2) is 5.76 Å². The topological polar surface area (TPSA) is 45.9 Å². The van der Waals surface area contributed by atoms with Gasteiger partial charge in [-0.2, -0.15) is 0 Å². The number of amides is 1. The number of nitrogens with zero attached hydrogens (tertiary/aromatic N) is 2. The maximum absolute atomic E-state index is 12.1. The van der Waals surface area contributed by atoms with Gasteiger partial charge in [-0.25, -0.2) is 0 Å². The van der Waals surface area contributed by atoms with Gasteiger partial charge in [-0.05, 0) is 26.0 Å². The van der Waals surface area contributed by atoms with E-state index in [1.807, 2.05) is 18.7 Å². The van der Waals surface area contributed by atoms with Crippen LogP contribution in [0.15, 0.2) is 22.8 Å². The van der Waals surface area contributed by atoms with Gasteiger partial charge < -0.3 is 14.1 Å². The third-order valence-corrected chi connectivity index (χ3v) is 3.25. The Hall–Kier alpha value is -1.33. The van der Waals surface area contributed by atoms with Crippen molar-refractivity contribution in [1.29, 1.82) is 0 Å². The first-order valence-corrected chi connectivity index (χ1v) is 6.83. The number of piperazine rings is 1. The standard InChI is InChI=1S/C14H22N2O3/c1-12(2)18-11-9-15-5-7-16(8-6-15)14(17)13-4-3-10-19-13/h3-4,10,12H,5-9,11H2,1-2H3. The molecule has 5 heteroatoms. The van der Waals surface area contributed by atoms with Crippen molar-refractivity contribution in [2.24, 2.45) is 0 Å². The van der Waals surface area contributed by atoms with E-state index in [2.05, 4.69) is 4.90 Å². The van der Waals surface area contributed by atoms with Crippen LogP contribution in [0, 0.1) is 0 Å². The van der Waals surface area contributed by atoms with Gasteiger partial charge in [0.1, 0.15) is 0 Å². The molecule has 0 radical (unpaired) electrons. The lowest BCUT2D eigenvalue weighted by Gasteiger charge is -2.34. The lowest BCUT2D eigenvalue weighted by molar-refractivity contribution is 0.0395. The van der Waals surface area contributed by atoms with Crippen LogP contribution in [-0.4, -0.2) is 61.1 Å². The second-order valence-corrected chi connectivity index (χ2v) is 5.03. The predicted molar refractivity (Wildman–Crippen MR) is 72.1 cm³/mol. The molecule has 0 aliphatic carbocycles. The summed E-state index contributed by atoms with van der Waals surface area (Å²) in [7, 11) is 0. The molecule has 106 valence electrons. The maximum Gasteiger partial charge on any atom is 0.289 e. The van der Waals surface area contributed by atoms with E-state index in [-0.39, 0.29) is 12.0 Å². The third-order valence-electron chi connectivity index (χ3n) is 3.25. The molecule has 5 nitrogen and oxygen atoms in total. The molecule has 0 aromatic carbocycles. The van der Waals surface area contributed by atoms with Crippen LogP contribution in [-0.2, 0) is 4.74 Å². The number of furan rings is 1. The zero-order chi connectivity index (χ0) is 13.7.